The molecule has 0 unspecified atom stereocenters. The molecule has 14 heavy (non-hydrogen) atoms. The van der Waals surface area contributed by atoms with E-state index in [-0.39, 0.29) is 40.0 Å². The van der Waals surface area contributed by atoms with Crippen LogP contribution in [-0.2, 0) is 26.2 Å². The van der Waals surface area contributed by atoms with Crippen LogP contribution in [-0.4, -0.2) is 0 Å². The van der Waals surface area contributed by atoms with Crippen molar-refractivity contribution in [3.8, 4) is 0 Å². The molecule has 0 aliphatic rings. The minimum absolute atomic E-state index is 0. The molecule has 0 saturated carbocycles. The summed E-state index contributed by atoms with van der Waals surface area (Å²) < 4.78 is 0. The minimum Gasteiger partial charge on any atom is -1.00 e. The van der Waals surface area contributed by atoms with Crippen LogP contribution >= 0.6 is 0 Å². The Bertz CT molecular complexity index is 255. The Morgan fingerprint density at radius 1 is 0.714 bits per heavy atom. The zero-order chi connectivity index (χ0) is 8.81. The van der Waals surface area contributed by atoms with Crippen LogP contribution in [0.4, 0.5) is 0 Å². The van der Waals surface area contributed by atoms with Gasteiger partial charge in [-0.3, -0.25) is 0 Å². The molecule has 0 atom stereocenters. The Labute approximate surface area is 113 Å². The summed E-state index contributed by atoms with van der Waals surface area (Å²) in [6, 6.07) is 16.5. The Balaban J connectivity index is -0.000000160. The van der Waals surface area contributed by atoms with E-state index < -0.39 is 0 Å². The first-order valence-electron chi connectivity index (χ1n) is 4.15. The summed E-state index contributed by atoms with van der Waals surface area (Å²) in [5.74, 6) is 0. The summed E-state index contributed by atoms with van der Waals surface area (Å²) in [4.78, 5) is 0. The van der Waals surface area contributed by atoms with Crippen molar-refractivity contribution in [1.82, 2.24) is 0 Å². The van der Waals surface area contributed by atoms with Gasteiger partial charge in [-0.25, -0.2) is 24.3 Å². The summed E-state index contributed by atoms with van der Waals surface area (Å²) >= 11 is 0. The molecule has 2 rings (SSSR count). The summed E-state index contributed by atoms with van der Waals surface area (Å²) in [7, 11) is 0. The summed E-state index contributed by atoms with van der Waals surface area (Å²) in [5, 5.41) is 0. The van der Waals surface area contributed by atoms with E-state index in [9.17, 15) is 0 Å². The molecule has 0 aliphatic heterocycles. The molecular weight excluding hydrogens is 271 g/mol. The van der Waals surface area contributed by atoms with E-state index in [1.165, 1.54) is 11.1 Å². The fraction of sp³-hybridized carbons (Fsp3) is 0.167. The first-order chi connectivity index (χ1) is 5.79. The second-order valence-electron chi connectivity index (χ2n) is 2.92. The zero-order valence-corrected chi connectivity index (χ0v) is 11.7. The number of rotatable bonds is 0. The predicted molar refractivity (Wildman–Crippen MR) is 54.7 cm³/mol. The van der Waals surface area contributed by atoms with Gasteiger partial charge >= 0.3 is 26.2 Å². The van der Waals surface area contributed by atoms with Crippen molar-refractivity contribution in [3.63, 3.8) is 0 Å². The van der Waals surface area contributed by atoms with Gasteiger partial charge in [-0.15, -0.1) is 0 Å². The Kier molecular flexibility index (Phi) is 11.0. The van der Waals surface area contributed by atoms with Crippen molar-refractivity contribution in [2.45, 2.75) is 13.8 Å². The van der Waals surface area contributed by atoms with Crippen LogP contribution in [0.2, 0.25) is 0 Å². The fourth-order valence-electron chi connectivity index (χ4n) is 0.940. The average Bonchev–Trinajstić information content (AvgIpc) is 2.63. The van der Waals surface area contributed by atoms with Crippen molar-refractivity contribution in [3.05, 3.63) is 59.7 Å². The van der Waals surface area contributed by atoms with Gasteiger partial charge in [0.25, 0.3) is 0 Å². The standard InChI is InChI=1S/2C6H7.ClH.Zr.H/c2*1-6-4-2-3-5-6;;;/h2*2-5H,1H3;1H;;/q2*-1;;+4;-1/p-1. The van der Waals surface area contributed by atoms with Crippen LogP contribution in [0.5, 0.6) is 0 Å². The van der Waals surface area contributed by atoms with E-state index in [4.69, 9.17) is 0 Å². The molecule has 2 aromatic carbocycles. The SMILES string of the molecule is C[c-]1cccc1.C[c-]1cccc1.[Cl-].[H-].[Zr+4]. The van der Waals surface area contributed by atoms with E-state index >= 15 is 0 Å². The third kappa shape index (κ3) is 7.29. The van der Waals surface area contributed by atoms with E-state index in [2.05, 4.69) is 38.1 Å². The number of halogens is 1. The van der Waals surface area contributed by atoms with Crippen LogP contribution in [0, 0.1) is 13.8 Å². The maximum absolute atomic E-state index is 2.08. The normalized spacial score (nSPS) is 7.57. The number of hydrogen-bond acceptors (Lipinski definition) is 0. The average molecular weight is 286 g/mol. The minimum atomic E-state index is 0. The molecule has 74 valence electrons. The molecule has 0 saturated heterocycles. The first kappa shape index (κ1) is 16.3. The van der Waals surface area contributed by atoms with Gasteiger partial charge in [0.05, 0.1) is 0 Å². The quantitative estimate of drug-likeness (QED) is 0.620. The molecule has 0 bridgehead atoms. The molecule has 0 heterocycles. The monoisotopic (exact) mass is 284 g/mol. The number of hydrogen-bond donors (Lipinski definition) is 0. The van der Waals surface area contributed by atoms with Crippen LogP contribution < -0.4 is 12.4 Å². The van der Waals surface area contributed by atoms with E-state index in [0.29, 0.717) is 0 Å². The van der Waals surface area contributed by atoms with Gasteiger partial charge in [0, 0.05) is 0 Å². The Hall–Kier alpha value is -0.127. The van der Waals surface area contributed by atoms with Gasteiger partial charge in [0.1, 0.15) is 0 Å². The molecule has 0 fully saturated rings. The van der Waals surface area contributed by atoms with Gasteiger partial charge in [-0.2, -0.15) is 35.4 Å². The second kappa shape index (κ2) is 9.43. The van der Waals surface area contributed by atoms with Crippen molar-refractivity contribution in [2.24, 2.45) is 0 Å². The van der Waals surface area contributed by atoms with Gasteiger partial charge < -0.3 is 13.8 Å². The number of aryl methyl sites for hydroxylation is 2. The van der Waals surface area contributed by atoms with Gasteiger partial charge in [-0.05, 0) is 0 Å². The smallest absolute Gasteiger partial charge is 1.00 e. The summed E-state index contributed by atoms with van der Waals surface area (Å²) in [6.45, 7) is 4.17. The molecular formula is C12H15ClZr. The first-order valence-corrected chi connectivity index (χ1v) is 4.15. The van der Waals surface area contributed by atoms with Crippen molar-refractivity contribution < 1.29 is 40.0 Å². The molecule has 0 N–H and O–H groups in total. The molecule has 0 nitrogen and oxygen atoms in total. The molecule has 0 radical (unpaired) electrons. The van der Waals surface area contributed by atoms with Crippen molar-refractivity contribution in [1.29, 1.82) is 0 Å². The molecule has 0 aliphatic carbocycles. The van der Waals surface area contributed by atoms with Gasteiger partial charge in [0.15, 0.2) is 0 Å². The molecule has 0 amide bonds. The molecule has 0 spiro atoms. The molecule has 0 aromatic heterocycles. The molecule has 2 aromatic rings. The van der Waals surface area contributed by atoms with Crippen LogP contribution in [0.25, 0.3) is 0 Å². The second-order valence-corrected chi connectivity index (χ2v) is 2.92. The van der Waals surface area contributed by atoms with E-state index in [1.807, 2.05) is 24.3 Å². The maximum atomic E-state index is 2.08. The predicted octanol–water partition coefficient (Wildman–Crippen LogP) is 0.542. The molecule has 2 heteroatoms. The largest absolute Gasteiger partial charge is 4.00 e. The van der Waals surface area contributed by atoms with Gasteiger partial charge in [-0.1, -0.05) is 13.8 Å². The third-order valence-electron chi connectivity index (χ3n) is 1.66. The van der Waals surface area contributed by atoms with Crippen LogP contribution in [0.15, 0.2) is 48.5 Å². The topological polar surface area (TPSA) is 0 Å². The van der Waals surface area contributed by atoms with E-state index in [0.717, 1.165) is 0 Å². The Morgan fingerprint density at radius 3 is 1.00 bits per heavy atom. The van der Waals surface area contributed by atoms with Crippen LogP contribution in [0.1, 0.15) is 12.6 Å². The van der Waals surface area contributed by atoms with Crippen molar-refractivity contribution >= 4 is 0 Å². The zero-order valence-electron chi connectivity index (χ0n) is 9.50. The Morgan fingerprint density at radius 2 is 0.929 bits per heavy atom. The fourth-order valence-corrected chi connectivity index (χ4v) is 0.940. The van der Waals surface area contributed by atoms with Gasteiger partial charge in [0.2, 0.25) is 0 Å². The van der Waals surface area contributed by atoms with E-state index in [1.54, 1.807) is 0 Å². The summed E-state index contributed by atoms with van der Waals surface area (Å²) in [6.07, 6.45) is 0. The van der Waals surface area contributed by atoms with Crippen LogP contribution in [0.3, 0.4) is 0 Å². The van der Waals surface area contributed by atoms with Crippen molar-refractivity contribution in [2.75, 3.05) is 0 Å². The third-order valence-corrected chi connectivity index (χ3v) is 1.66. The maximum Gasteiger partial charge on any atom is 4.00 e. The summed E-state index contributed by atoms with van der Waals surface area (Å²) in [5.41, 5.74) is 2.69.